The predicted octanol–water partition coefficient (Wildman–Crippen LogP) is 0.442. The molecule has 0 aromatic rings. The van der Waals surface area contributed by atoms with Crippen LogP contribution in [0.3, 0.4) is 0 Å². The third-order valence-corrected chi connectivity index (χ3v) is 3.78. The Bertz CT molecular complexity index is 326. The molecule has 6 nitrogen and oxygen atoms in total. The van der Waals surface area contributed by atoms with Crippen molar-refractivity contribution in [3.63, 3.8) is 0 Å². The molecule has 2 N–H and O–H groups in total. The van der Waals surface area contributed by atoms with Crippen LogP contribution in [0.2, 0.25) is 0 Å². The van der Waals surface area contributed by atoms with Crippen molar-refractivity contribution in [2.75, 3.05) is 19.5 Å². The van der Waals surface area contributed by atoms with Gasteiger partial charge in [-0.25, -0.2) is 13.1 Å². The van der Waals surface area contributed by atoms with E-state index in [1.807, 2.05) is 0 Å². The number of nitrogens with one attached hydrogen (secondary N) is 1. The molecule has 1 atom stereocenters. The quantitative estimate of drug-likeness (QED) is 0.591. The minimum atomic E-state index is -3.44. The summed E-state index contributed by atoms with van der Waals surface area (Å²) in [6.45, 7) is 3.93. The fourth-order valence-electron chi connectivity index (χ4n) is 1.28. The van der Waals surface area contributed by atoms with Gasteiger partial charge in [-0.2, -0.15) is 0 Å². The summed E-state index contributed by atoms with van der Waals surface area (Å²) in [5.74, 6) is -1.13. The van der Waals surface area contributed by atoms with Gasteiger partial charge < -0.3 is 9.84 Å². The Morgan fingerprint density at radius 3 is 2.41 bits per heavy atom. The lowest BCUT2D eigenvalue weighted by Gasteiger charge is -2.20. The van der Waals surface area contributed by atoms with Gasteiger partial charge in [-0.05, 0) is 12.3 Å². The van der Waals surface area contributed by atoms with Crippen molar-refractivity contribution in [2.45, 2.75) is 32.7 Å². The van der Waals surface area contributed by atoms with Crippen LogP contribution in [0, 0.1) is 5.92 Å². The SMILES string of the molecule is COCCCS(=O)(=O)NC(CC(=O)O)C(C)C. The molecule has 0 rings (SSSR count). The van der Waals surface area contributed by atoms with E-state index in [-0.39, 0.29) is 18.1 Å². The highest BCUT2D eigenvalue weighted by Gasteiger charge is 2.22. The number of carboxylic acids is 1. The van der Waals surface area contributed by atoms with Crippen LogP contribution < -0.4 is 4.72 Å². The van der Waals surface area contributed by atoms with Crippen molar-refractivity contribution >= 4 is 16.0 Å². The van der Waals surface area contributed by atoms with Crippen molar-refractivity contribution in [1.82, 2.24) is 4.72 Å². The largest absolute Gasteiger partial charge is 0.481 e. The first-order valence-electron chi connectivity index (χ1n) is 5.49. The number of ether oxygens (including phenoxy) is 1. The molecule has 0 aliphatic heterocycles. The molecule has 0 aliphatic carbocycles. The number of rotatable bonds is 9. The molecule has 1 unspecified atom stereocenters. The molecule has 0 radical (unpaired) electrons. The van der Waals surface area contributed by atoms with Gasteiger partial charge in [-0.1, -0.05) is 13.8 Å². The number of aliphatic carboxylic acids is 1. The normalized spacial score (nSPS) is 13.9. The van der Waals surface area contributed by atoms with E-state index in [1.165, 1.54) is 7.11 Å². The molecule has 17 heavy (non-hydrogen) atoms. The minimum absolute atomic E-state index is 0.0519. The minimum Gasteiger partial charge on any atom is -0.481 e. The Labute approximate surface area is 102 Å². The van der Waals surface area contributed by atoms with Gasteiger partial charge in [0.2, 0.25) is 10.0 Å². The fourth-order valence-corrected chi connectivity index (χ4v) is 2.72. The predicted molar refractivity (Wildman–Crippen MR) is 64.3 cm³/mol. The second-order valence-corrected chi connectivity index (χ2v) is 6.10. The number of carbonyl (C=O) groups is 1. The lowest BCUT2D eigenvalue weighted by Crippen LogP contribution is -2.41. The van der Waals surface area contributed by atoms with E-state index < -0.39 is 22.0 Å². The average Bonchev–Trinajstić information content (AvgIpc) is 2.15. The zero-order valence-corrected chi connectivity index (χ0v) is 11.3. The zero-order valence-electron chi connectivity index (χ0n) is 10.5. The van der Waals surface area contributed by atoms with E-state index in [0.29, 0.717) is 13.0 Å². The highest BCUT2D eigenvalue weighted by Crippen LogP contribution is 2.08. The van der Waals surface area contributed by atoms with Gasteiger partial charge in [0.05, 0.1) is 12.2 Å². The summed E-state index contributed by atoms with van der Waals surface area (Å²) in [6, 6.07) is -0.569. The second kappa shape index (κ2) is 7.62. The fraction of sp³-hybridized carbons (Fsp3) is 0.900. The molecule has 102 valence electrons. The molecule has 0 bridgehead atoms. The lowest BCUT2D eigenvalue weighted by atomic mass is 10.0. The summed E-state index contributed by atoms with van der Waals surface area (Å²) in [4.78, 5) is 10.6. The van der Waals surface area contributed by atoms with Crippen molar-refractivity contribution in [1.29, 1.82) is 0 Å². The first kappa shape index (κ1) is 16.3. The number of hydrogen-bond donors (Lipinski definition) is 2. The Morgan fingerprint density at radius 1 is 1.41 bits per heavy atom. The van der Waals surface area contributed by atoms with Crippen LogP contribution in [0.25, 0.3) is 0 Å². The van der Waals surface area contributed by atoms with E-state index in [0.717, 1.165) is 0 Å². The molecule has 0 fully saturated rings. The smallest absolute Gasteiger partial charge is 0.304 e. The average molecular weight is 267 g/mol. The van der Waals surface area contributed by atoms with Gasteiger partial charge in [0, 0.05) is 19.8 Å². The zero-order chi connectivity index (χ0) is 13.5. The number of methoxy groups -OCH3 is 1. The van der Waals surface area contributed by atoms with E-state index in [2.05, 4.69) is 4.72 Å². The van der Waals surface area contributed by atoms with E-state index in [1.54, 1.807) is 13.8 Å². The van der Waals surface area contributed by atoms with Crippen molar-refractivity contribution < 1.29 is 23.1 Å². The van der Waals surface area contributed by atoms with Crippen molar-refractivity contribution in [2.24, 2.45) is 5.92 Å². The second-order valence-electron chi connectivity index (χ2n) is 4.23. The van der Waals surface area contributed by atoms with Gasteiger partial charge in [0.15, 0.2) is 0 Å². The number of carboxylic acid groups (broad SMARTS) is 1. The van der Waals surface area contributed by atoms with Crippen LogP contribution in [0.4, 0.5) is 0 Å². The van der Waals surface area contributed by atoms with Gasteiger partial charge >= 0.3 is 5.97 Å². The van der Waals surface area contributed by atoms with Gasteiger partial charge in [0.25, 0.3) is 0 Å². The van der Waals surface area contributed by atoms with Gasteiger partial charge in [-0.15, -0.1) is 0 Å². The molecule has 0 aliphatic rings. The molecule has 0 aromatic carbocycles. The molecule has 0 saturated carbocycles. The third-order valence-electron chi connectivity index (χ3n) is 2.29. The first-order chi connectivity index (χ1) is 7.78. The maximum absolute atomic E-state index is 11.6. The van der Waals surface area contributed by atoms with E-state index >= 15 is 0 Å². The summed E-state index contributed by atoms with van der Waals surface area (Å²) in [5, 5.41) is 8.69. The Balaban J connectivity index is 4.37. The standard InChI is InChI=1S/C10H21NO5S/c1-8(2)9(7-10(12)13)11-17(14,15)6-4-5-16-3/h8-9,11H,4-7H2,1-3H3,(H,12,13). The number of hydrogen-bond acceptors (Lipinski definition) is 4. The Hall–Kier alpha value is -0.660. The molecule has 0 spiro atoms. The monoisotopic (exact) mass is 267 g/mol. The van der Waals surface area contributed by atoms with Crippen molar-refractivity contribution in [3.8, 4) is 0 Å². The molecule has 0 heterocycles. The van der Waals surface area contributed by atoms with Gasteiger partial charge in [0.1, 0.15) is 0 Å². The molecule has 0 aromatic heterocycles. The molecular formula is C10H21NO5S. The Kier molecular flexibility index (Phi) is 7.33. The number of sulfonamides is 1. The topological polar surface area (TPSA) is 92.7 Å². The van der Waals surface area contributed by atoms with Crippen LogP contribution in [-0.4, -0.2) is 45.0 Å². The van der Waals surface area contributed by atoms with Crippen LogP contribution in [0.5, 0.6) is 0 Å². The summed E-state index contributed by atoms with van der Waals surface area (Å²) < 4.78 is 30.5. The molecule has 7 heteroatoms. The lowest BCUT2D eigenvalue weighted by molar-refractivity contribution is -0.137. The third kappa shape index (κ3) is 8.12. The van der Waals surface area contributed by atoms with Gasteiger partial charge in [-0.3, -0.25) is 4.79 Å². The van der Waals surface area contributed by atoms with E-state index in [4.69, 9.17) is 9.84 Å². The maximum atomic E-state index is 11.6. The highest BCUT2D eigenvalue weighted by atomic mass is 32.2. The summed E-state index contributed by atoms with van der Waals surface area (Å²) >= 11 is 0. The molecule has 0 amide bonds. The molecular weight excluding hydrogens is 246 g/mol. The van der Waals surface area contributed by atoms with Crippen LogP contribution in [0.1, 0.15) is 26.7 Å². The van der Waals surface area contributed by atoms with Crippen LogP contribution in [-0.2, 0) is 19.6 Å². The van der Waals surface area contributed by atoms with Crippen LogP contribution in [0.15, 0.2) is 0 Å². The summed E-state index contributed by atoms with van der Waals surface area (Å²) in [7, 11) is -1.94. The highest BCUT2D eigenvalue weighted by molar-refractivity contribution is 7.89. The molecule has 0 saturated heterocycles. The van der Waals surface area contributed by atoms with Crippen LogP contribution >= 0.6 is 0 Å². The Morgan fingerprint density at radius 2 is 2.00 bits per heavy atom. The van der Waals surface area contributed by atoms with Crippen molar-refractivity contribution in [3.05, 3.63) is 0 Å². The summed E-state index contributed by atoms with van der Waals surface area (Å²) in [5.41, 5.74) is 0. The van der Waals surface area contributed by atoms with E-state index in [9.17, 15) is 13.2 Å². The first-order valence-corrected chi connectivity index (χ1v) is 7.14. The summed E-state index contributed by atoms with van der Waals surface area (Å²) in [6.07, 6.45) is 0.185. The maximum Gasteiger partial charge on any atom is 0.304 e.